The number of aryl methyl sites for hydroxylation is 1. The van der Waals surface area contributed by atoms with Crippen LogP contribution < -0.4 is 0 Å². The van der Waals surface area contributed by atoms with Gasteiger partial charge in [0.05, 0.1) is 11.0 Å². The topological polar surface area (TPSA) is 63.4 Å². The molecule has 4 nitrogen and oxygen atoms in total. The zero-order chi connectivity index (χ0) is 11.0. The molecule has 1 aromatic carbocycles. The van der Waals surface area contributed by atoms with Gasteiger partial charge in [-0.05, 0) is 30.0 Å². The highest BCUT2D eigenvalue weighted by atomic mass is 79.9. The molecule has 1 aliphatic rings. The van der Waals surface area contributed by atoms with Crippen LogP contribution in [0.4, 0.5) is 5.69 Å². The van der Waals surface area contributed by atoms with E-state index in [0.29, 0.717) is 0 Å². The van der Waals surface area contributed by atoms with Crippen molar-refractivity contribution < 1.29 is 10.0 Å². The van der Waals surface area contributed by atoms with Gasteiger partial charge in [0.1, 0.15) is 0 Å². The molecule has 0 aliphatic heterocycles. The third-order valence-corrected chi connectivity index (χ3v) is 3.65. The zero-order valence-electron chi connectivity index (χ0n) is 7.89. The number of nitro benzene ring substituents is 1. The van der Waals surface area contributed by atoms with E-state index < -0.39 is 11.0 Å². The Labute approximate surface area is 95.2 Å². The minimum atomic E-state index is -0.561. The van der Waals surface area contributed by atoms with Crippen LogP contribution in [0.15, 0.2) is 18.2 Å². The van der Waals surface area contributed by atoms with Gasteiger partial charge in [0.25, 0.3) is 5.69 Å². The van der Waals surface area contributed by atoms with Crippen LogP contribution >= 0.6 is 15.9 Å². The molecule has 1 N–H and O–H groups in total. The first-order valence-electron chi connectivity index (χ1n) is 4.69. The molecule has 2 rings (SSSR count). The van der Waals surface area contributed by atoms with E-state index in [1.807, 2.05) is 0 Å². The van der Waals surface area contributed by atoms with Crippen LogP contribution in [0.1, 0.15) is 23.7 Å². The summed E-state index contributed by atoms with van der Waals surface area (Å²) >= 11 is 3.39. The third kappa shape index (κ3) is 1.89. The molecule has 0 radical (unpaired) electrons. The second-order valence-corrected chi connectivity index (χ2v) is 4.82. The van der Waals surface area contributed by atoms with Crippen molar-refractivity contribution in [3.05, 3.63) is 39.4 Å². The summed E-state index contributed by atoms with van der Waals surface area (Å²) in [6.45, 7) is 0. The Balaban J connectivity index is 2.42. The molecule has 2 unspecified atom stereocenters. The van der Waals surface area contributed by atoms with E-state index in [0.717, 1.165) is 24.0 Å². The second kappa shape index (κ2) is 3.90. The number of nitrogens with zero attached hydrogens (tertiary/aromatic N) is 1. The number of aliphatic hydroxyl groups is 1. The van der Waals surface area contributed by atoms with Crippen molar-refractivity contribution in [2.75, 3.05) is 0 Å². The standard InChI is InChI=1S/C10H10BrNO3/c11-9-4-1-6-5-7(12(14)15)2-3-8(6)10(9)13/h2-3,5,9-10,13H,1,4H2. The number of fused-ring (bicyclic) bond motifs is 1. The third-order valence-electron chi connectivity index (χ3n) is 2.69. The highest BCUT2D eigenvalue weighted by Crippen LogP contribution is 2.35. The van der Waals surface area contributed by atoms with Crippen molar-refractivity contribution in [2.24, 2.45) is 0 Å². The minimum Gasteiger partial charge on any atom is -0.387 e. The summed E-state index contributed by atoms with van der Waals surface area (Å²) < 4.78 is 0. The molecule has 0 fully saturated rings. The summed E-state index contributed by atoms with van der Waals surface area (Å²) in [6.07, 6.45) is 1.01. The maximum Gasteiger partial charge on any atom is 0.269 e. The molecule has 0 aromatic heterocycles. The van der Waals surface area contributed by atoms with E-state index in [9.17, 15) is 15.2 Å². The quantitative estimate of drug-likeness (QED) is 0.485. The summed E-state index contributed by atoms with van der Waals surface area (Å²) in [5.74, 6) is 0. The Kier molecular flexibility index (Phi) is 2.75. The number of alkyl halides is 1. The Morgan fingerprint density at radius 1 is 1.53 bits per heavy atom. The maximum absolute atomic E-state index is 10.6. The van der Waals surface area contributed by atoms with Gasteiger partial charge in [-0.2, -0.15) is 0 Å². The number of halogens is 1. The van der Waals surface area contributed by atoms with Crippen LogP contribution in [0, 0.1) is 10.1 Å². The number of hydrogen-bond acceptors (Lipinski definition) is 3. The van der Waals surface area contributed by atoms with Gasteiger partial charge < -0.3 is 5.11 Å². The second-order valence-electron chi connectivity index (χ2n) is 3.64. The van der Waals surface area contributed by atoms with E-state index in [4.69, 9.17) is 0 Å². The van der Waals surface area contributed by atoms with E-state index in [1.54, 1.807) is 12.1 Å². The van der Waals surface area contributed by atoms with Crippen LogP contribution in [-0.4, -0.2) is 14.9 Å². The fourth-order valence-corrected chi connectivity index (χ4v) is 2.37. The highest BCUT2D eigenvalue weighted by molar-refractivity contribution is 9.09. The maximum atomic E-state index is 10.6. The first-order chi connectivity index (χ1) is 7.09. The van der Waals surface area contributed by atoms with E-state index >= 15 is 0 Å². The molecule has 80 valence electrons. The van der Waals surface area contributed by atoms with Crippen LogP contribution in [0.2, 0.25) is 0 Å². The van der Waals surface area contributed by atoms with Crippen molar-refractivity contribution in [3.63, 3.8) is 0 Å². The number of rotatable bonds is 1. The molecule has 5 heteroatoms. The number of benzene rings is 1. The first-order valence-corrected chi connectivity index (χ1v) is 5.60. The van der Waals surface area contributed by atoms with Gasteiger partial charge in [-0.25, -0.2) is 0 Å². The number of hydrogen-bond donors (Lipinski definition) is 1. The van der Waals surface area contributed by atoms with Crippen LogP contribution in [0.5, 0.6) is 0 Å². The summed E-state index contributed by atoms with van der Waals surface area (Å²) in [5.41, 5.74) is 1.77. The molecule has 0 bridgehead atoms. The van der Waals surface area contributed by atoms with Gasteiger partial charge in [-0.1, -0.05) is 15.9 Å². The van der Waals surface area contributed by atoms with Crippen LogP contribution in [-0.2, 0) is 6.42 Å². The molecular formula is C10H10BrNO3. The van der Waals surface area contributed by atoms with Gasteiger partial charge in [-0.15, -0.1) is 0 Å². The van der Waals surface area contributed by atoms with Crippen molar-refractivity contribution in [3.8, 4) is 0 Å². The smallest absolute Gasteiger partial charge is 0.269 e. The van der Waals surface area contributed by atoms with Crippen LogP contribution in [0.3, 0.4) is 0 Å². The molecule has 0 heterocycles. The lowest BCUT2D eigenvalue weighted by molar-refractivity contribution is -0.384. The minimum absolute atomic E-state index is 0.0476. The Morgan fingerprint density at radius 3 is 2.93 bits per heavy atom. The van der Waals surface area contributed by atoms with E-state index in [-0.39, 0.29) is 10.5 Å². The summed E-state index contributed by atoms with van der Waals surface area (Å²) in [5, 5.41) is 20.4. The average Bonchev–Trinajstić information content (AvgIpc) is 2.23. The van der Waals surface area contributed by atoms with Crippen molar-refractivity contribution in [1.82, 2.24) is 0 Å². The molecule has 15 heavy (non-hydrogen) atoms. The molecule has 2 atom stereocenters. The predicted octanol–water partition coefficient (Wildman–Crippen LogP) is 2.34. The highest BCUT2D eigenvalue weighted by Gasteiger charge is 2.26. The number of non-ortho nitro benzene ring substituents is 1. The monoisotopic (exact) mass is 271 g/mol. The largest absolute Gasteiger partial charge is 0.387 e. The van der Waals surface area contributed by atoms with Gasteiger partial charge in [0, 0.05) is 17.0 Å². The fraction of sp³-hybridized carbons (Fsp3) is 0.400. The van der Waals surface area contributed by atoms with E-state index in [1.165, 1.54) is 6.07 Å². The van der Waals surface area contributed by atoms with E-state index in [2.05, 4.69) is 15.9 Å². The fourth-order valence-electron chi connectivity index (χ4n) is 1.86. The Hall–Kier alpha value is -0.940. The molecule has 1 aromatic rings. The summed E-state index contributed by atoms with van der Waals surface area (Å²) in [7, 11) is 0. The SMILES string of the molecule is O=[N+]([O-])c1ccc2c(c1)CCC(Br)C2O. The lowest BCUT2D eigenvalue weighted by atomic mass is 9.89. The first kappa shape index (κ1) is 10.6. The Morgan fingerprint density at radius 2 is 2.27 bits per heavy atom. The number of nitro groups is 1. The zero-order valence-corrected chi connectivity index (χ0v) is 9.48. The molecule has 1 aliphatic carbocycles. The van der Waals surface area contributed by atoms with Crippen molar-refractivity contribution >= 4 is 21.6 Å². The van der Waals surface area contributed by atoms with Crippen molar-refractivity contribution in [1.29, 1.82) is 0 Å². The summed E-state index contributed by atoms with van der Waals surface area (Å²) in [6, 6.07) is 4.64. The van der Waals surface area contributed by atoms with Crippen LogP contribution in [0.25, 0.3) is 0 Å². The molecule has 0 spiro atoms. The Bertz CT molecular complexity index is 408. The molecule has 0 saturated carbocycles. The van der Waals surface area contributed by atoms with Gasteiger partial charge in [0.2, 0.25) is 0 Å². The molecular weight excluding hydrogens is 262 g/mol. The van der Waals surface area contributed by atoms with Gasteiger partial charge in [0.15, 0.2) is 0 Å². The molecule has 0 saturated heterocycles. The van der Waals surface area contributed by atoms with Crippen molar-refractivity contribution in [2.45, 2.75) is 23.8 Å². The lowest BCUT2D eigenvalue weighted by Crippen LogP contribution is -2.20. The normalized spacial score (nSPS) is 24.7. The number of aliphatic hydroxyl groups excluding tert-OH is 1. The average molecular weight is 272 g/mol. The van der Waals surface area contributed by atoms with Gasteiger partial charge >= 0.3 is 0 Å². The van der Waals surface area contributed by atoms with Gasteiger partial charge in [-0.3, -0.25) is 10.1 Å². The molecule has 0 amide bonds. The predicted molar refractivity (Wildman–Crippen MR) is 59.1 cm³/mol. The lowest BCUT2D eigenvalue weighted by Gasteiger charge is -2.25. The summed E-state index contributed by atoms with van der Waals surface area (Å²) in [4.78, 5) is 10.2.